The van der Waals surface area contributed by atoms with Crippen LogP contribution in [0.1, 0.15) is 51.8 Å². The van der Waals surface area contributed by atoms with Gasteiger partial charge in [0.25, 0.3) is 11.8 Å². The van der Waals surface area contributed by atoms with Crippen LogP contribution >= 0.6 is 0 Å². The summed E-state index contributed by atoms with van der Waals surface area (Å²) in [6.45, 7) is 5.38. The second-order valence-corrected chi connectivity index (χ2v) is 6.50. The minimum absolute atomic E-state index is 0.0900. The fraction of sp³-hybridized carbons (Fsp3) is 0.211. The Hall–Kier alpha value is -3.15. The first-order valence-corrected chi connectivity index (χ1v) is 7.74. The highest BCUT2D eigenvalue weighted by Crippen LogP contribution is 2.16. The van der Waals surface area contributed by atoms with Crippen LogP contribution in [0.4, 0.5) is 0 Å². The first kappa shape index (κ1) is 18.2. The van der Waals surface area contributed by atoms with Crippen molar-refractivity contribution < 1.29 is 19.5 Å². The second-order valence-electron chi connectivity index (χ2n) is 6.50. The average molecular weight is 340 g/mol. The molecule has 0 saturated heterocycles. The summed E-state index contributed by atoms with van der Waals surface area (Å²) in [5, 5.41) is 10.2. The smallest absolute Gasteiger partial charge is 0.335 e. The molecule has 0 bridgehead atoms. The summed E-state index contributed by atoms with van der Waals surface area (Å²) in [6, 6.07) is 14.2. The Kier molecular flexibility index (Phi) is 5.22. The Morgan fingerprint density at radius 1 is 0.840 bits per heavy atom. The second kappa shape index (κ2) is 7.17. The largest absolute Gasteiger partial charge is 0.478 e. The Morgan fingerprint density at radius 2 is 1.36 bits per heavy atom. The summed E-state index contributed by atoms with van der Waals surface area (Å²) < 4.78 is 0. The quantitative estimate of drug-likeness (QED) is 0.841. The van der Waals surface area contributed by atoms with E-state index < -0.39 is 23.3 Å². The fourth-order valence-electron chi connectivity index (χ4n) is 2.16. The van der Waals surface area contributed by atoms with Crippen LogP contribution in [0.5, 0.6) is 0 Å². The molecule has 2 amide bonds. The molecular formula is C19H20N2O4. The number of benzene rings is 2. The Morgan fingerprint density at radius 3 is 1.84 bits per heavy atom. The highest BCUT2D eigenvalue weighted by Gasteiger charge is 2.29. The van der Waals surface area contributed by atoms with Crippen LogP contribution in [0.15, 0.2) is 54.6 Å². The van der Waals surface area contributed by atoms with Crippen LogP contribution in [0.3, 0.4) is 0 Å². The standard InChI is InChI=1S/C19H20N2O4/c1-19(2,3)21(20-16(22)13-7-5-4-6-8-13)17(23)14-9-11-15(12-10-14)18(24)25/h4-12H,1-3H3,(H,20,22)(H,24,25). The number of hydrogen-bond acceptors (Lipinski definition) is 3. The molecule has 0 atom stereocenters. The van der Waals surface area contributed by atoms with Gasteiger partial charge in [-0.25, -0.2) is 9.80 Å². The zero-order valence-electron chi connectivity index (χ0n) is 14.3. The van der Waals surface area contributed by atoms with Gasteiger partial charge in [0.15, 0.2) is 0 Å². The topological polar surface area (TPSA) is 86.7 Å². The van der Waals surface area contributed by atoms with Crippen molar-refractivity contribution in [2.24, 2.45) is 0 Å². The molecule has 0 aromatic heterocycles. The van der Waals surface area contributed by atoms with Gasteiger partial charge in [-0.15, -0.1) is 0 Å². The lowest BCUT2D eigenvalue weighted by molar-refractivity contribution is 0.0358. The van der Waals surface area contributed by atoms with Gasteiger partial charge in [0.1, 0.15) is 0 Å². The summed E-state index contributed by atoms with van der Waals surface area (Å²) in [5.74, 6) is -1.89. The van der Waals surface area contributed by atoms with E-state index in [-0.39, 0.29) is 11.1 Å². The number of carbonyl (C=O) groups is 3. The van der Waals surface area contributed by atoms with Crippen molar-refractivity contribution in [3.05, 3.63) is 71.3 Å². The third-order valence-corrected chi connectivity index (χ3v) is 3.50. The van der Waals surface area contributed by atoms with E-state index in [0.717, 1.165) is 0 Å². The van der Waals surface area contributed by atoms with Crippen molar-refractivity contribution in [1.29, 1.82) is 0 Å². The Bertz CT molecular complexity index is 777. The number of aromatic carboxylic acids is 1. The summed E-state index contributed by atoms with van der Waals surface area (Å²) >= 11 is 0. The van der Waals surface area contributed by atoms with Gasteiger partial charge in [0, 0.05) is 11.1 Å². The SMILES string of the molecule is CC(C)(C)N(NC(=O)c1ccccc1)C(=O)c1ccc(C(=O)O)cc1. The number of carboxylic acid groups (broad SMARTS) is 1. The molecule has 2 aromatic rings. The van der Waals surface area contributed by atoms with E-state index in [4.69, 9.17) is 5.11 Å². The van der Waals surface area contributed by atoms with E-state index in [1.807, 2.05) is 0 Å². The molecule has 0 spiro atoms. The molecular weight excluding hydrogens is 320 g/mol. The lowest BCUT2D eigenvalue weighted by atomic mass is 10.1. The predicted octanol–water partition coefficient (Wildman–Crippen LogP) is 2.97. The number of nitrogens with one attached hydrogen (secondary N) is 1. The zero-order chi connectivity index (χ0) is 18.6. The van der Waals surface area contributed by atoms with E-state index in [1.54, 1.807) is 51.1 Å². The summed E-state index contributed by atoms with van der Waals surface area (Å²) in [4.78, 5) is 36.1. The molecule has 0 fully saturated rings. The van der Waals surface area contributed by atoms with Crippen LogP contribution in [-0.4, -0.2) is 33.4 Å². The number of carboxylic acids is 1. The van der Waals surface area contributed by atoms with Crippen molar-refractivity contribution in [2.45, 2.75) is 26.3 Å². The highest BCUT2D eigenvalue weighted by atomic mass is 16.4. The fourth-order valence-corrected chi connectivity index (χ4v) is 2.16. The molecule has 6 heteroatoms. The van der Waals surface area contributed by atoms with Crippen molar-refractivity contribution in [3.8, 4) is 0 Å². The van der Waals surface area contributed by atoms with Crippen molar-refractivity contribution in [2.75, 3.05) is 0 Å². The van der Waals surface area contributed by atoms with Gasteiger partial charge in [-0.3, -0.25) is 15.0 Å². The van der Waals surface area contributed by atoms with Crippen LogP contribution in [0.2, 0.25) is 0 Å². The maximum Gasteiger partial charge on any atom is 0.335 e. The minimum Gasteiger partial charge on any atom is -0.478 e. The van der Waals surface area contributed by atoms with Gasteiger partial charge < -0.3 is 5.11 Å². The molecule has 0 unspecified atom stereocenters. The third kappa shape index (κ3) is 4.44. The summed E-state index contributed by atoms with van der Waals surface area (Å²) in [5.41, 5.74) is 2.78. The van der Waals surface area contributed by atoms with E-state index >= 15 is 0 Å². The molecule has 0 aliphatic rings. The summed E-state index contributed by atoms with van der Waals surface area (Å²) in [7, 11) is 0. The van der Waals surface area contributed by atoms with Crippen molar-refractivity contribution in [3.63, 3.8) is 0 Å². The van der Waals surface area contributed by atoms with Gasteiger partial charge in [-0.2, -0.15) is 0 Å². The molecule has 2 rings (SSSR count). The Balaban J connectivity index is 2.26. The zero-order valence-corrected chi connectivity index (χ0v) is 14.3. The number of nitrogens with zero attached hydrogens (tertiary/aromatic N) is 1. The van der Waals surface area contributed by atoms with Gasteiger partial charge in [-0.1, -0.05) is 18.2 Å². The molecule has 2 aromatic carbocycles. The number of hydrogen-bond donors (Lipinski definition) is 2. The van der Waals surface area contributed by atoms with E-state index in [9.17, 15) is 14.4 Å². The maximum absolute atomic E-state index is 12.8. The monoisotopic (exact) mass is 340 g/mol. The average Bonchev–Trinajstić information content (AvgIpc) is 2.58. The molecule has 130 valence electrons. The molecule has 0 heterocycles. The van der Waals surface area contributed by atoms with Crippen LogP contribution in [0.25, 0.3) is 0 Å². The minimum atomic E-state index is -1.07. The molecule has 2 N–H and O–H groups in total. The van der Waals surface area contributed by atoms with Gasteiger partial charge in [0.05, 0.1) is 11.1 Å². The molecule has 0 radical (unpaired) electrons. The van der Waals surface area contributed by atoms with Crippen LogP contribution in [-0.2, 0) is 0 Å². The van der Waals surface area contributed by atoms with Gasteiger partial charge >= 0.3 is 5.97 Å². The number of carbonyl (C=O) groups excluding carboxylic acids is 2. The van der Waals surface area contributed by atoms with Crippen molar-refractivity contribution in [1.82, 2.24) is 10.4 Å². The van der Waals surface area contributed by atoms with Crippen molar-refractivity contribution >= 4 is 17.8 Å². The van der Waals surface area contributed by atoms with E-state index in [1.165, 1.54) is 29.3 Å². The first-order chi connectivity index (χ1) is 11.7. The third-order valence-electron chi connectivity index (χ3n) is 3.50. The molecule has 25 heavy (non-hydrogen) atoms. The molecule has 0 saturated carbocycles. The molecule has 0 aliphatic heterocycles. The number of rotatable bonds is 3. The lowest BCUT2D eigenvalue weighted by Crippen LogP contribution is -2.55. The van der Waals surface area contributed by atoms with Gasteiger partial charge in [-0.05, 0) is 57.2 Å². The normalized spacial score (nSPS) is 10.8. The Labute approximate surface area is 146 Å². The highest BCUT2D eigenvalue weighted by molar-refractivity contribution is 6.00. The number of hydrazine groups is 1. The van der Waals surface area contributed by atoms with Crippen LogP contribution in [0, 0.1) is 0 Å². The predicted molar refractivity (Wildman–Crippen MR) is 93.2 cm³/mol. The maximum atomic E-state index is 12.8. The van der Waals surface area contributed by atoms with Crippen LogP contribution < -0.4 is 5.43 Å². The summed E-state index contributed by atoms with van der Waals surface area (Å²) in [6.07, 6.45) is 0. The number of amides is 2. The first-order valence-electron chi connectivity index (χ1n) is 7.74. The molecule has 0 aliphatic carbocycles. The molecule has 6 nitrogen and oxygen atoms in total. The van der Waals surface area contributed by atoms with Gasteiger partial charge in [0.2, 0.25) is 0 Å². The van der Waals surface area contributed by atoms with E-state index in [0.29, 0.717) is 5.56 Å². The lowest BCUT2D eigenvalue weighted by Gasteiger charge is -2.35. The van der Waals surface area contributed by atoms with E-state index in [2.05, 4.69) is 5.43 Å².